The van der Waals surface area contributed by atoms with Crippen LogP contribution >= 0.6 is 24.2 Å². The molecule has 6 heteroatoms. The number of carbonyl (C=O) groups excluding carboxylic acids is 1. The molecular formula is C21H27ClN2O2S. The fourth-order valence-electron chi connectivity index (χ4n) is 3.16. The number of benzene rings is 2. The van der Waals surface area contributed by atoms with Crippen LogP contribution in [0.25, 0.3) is 0 Å². The van der Waals surface area contributed by atoms with Gasteiger partial charge in [-0.05, 0) is 49.6 Å². The van der Waals surface area contributed by atoms with E-state index < -0.39 is 5.41 Å². The molecule has 1 aliphatic rings. The summed E-state index contributed by atoms with van der Waals surface area (Å²) >= 11 is 1.82. The molecule has 0 aliphatic carbocycles. The SMILES string of the molecule is CC(Sc1ccccc1)c1ccc(NC(=O)C2(CN)CCOCC2)cc1.Cl. The molecular weight excluding hydrogens is 380 g/mol. The van der Waals surface area contributed by atoms with Crippen molar-refractivity contribution in [3.05, 3.63) is 60.2 Å². The Morgan fingerprint density at radius 3 is 2.37 bits per heavy atom. The van der Waals surface area contributed by atoms with Gasteiger partial charge in [-0.3, -0.25) is 4.79 Å². The first-order chi connectivity index (χ1) is 12.6. The largest absolute Gasteiger partial charge is 0.381 e. The normalized spacial score (nSPS) is 16.8. The van der Waals surface area contributed by atoms with Crippen molar-refractivity contribution in [2.75, 3.05) is 25.1 Å². The van der Waals surface area contributed by atoms with Gasteiger partial charge in [-0.1, -0.05) is 30.3 Å². The van der Waals surface area contributed by atoms with E-state index in [1.807, 2.05) is 30.0 Å². The first kappa shape index (κ1) is 21.8. The fraction of sp³-hybridized carbons (Fsp3) is 0.381. The highest BCUT2D eigenvalue weighted by atomic mass is 35.5. The molecule has 3 rings (SSSR count). The van der Waals surface area contributed by atoms with Crippen molar-refractivity contribution in [3.8, 4) is 0 Å². The number of amides is 1. The van der Waals surface area contributed by atoms with Crippen LogP contribution < -0.4 is 11.1 Å². The first-order valence-electron chi connectivity index (χ1n) is 9.04. The van der Waals surface area contributed by atoms with Crippen LogP contribution in [-0.2, 0) is 9.53 Å². The summed E-state index contributed by atoms with van der Waals surface area (Å²) in [6.45, 7) is 3.73. The summed E-state index contributed by atoms with van der Waals surface area (Å²) in [4.78, 5) is 14.0. The summed E-state index contributed by atoms with van der Waals surface area (Å²) < 4.78 is 5.38. The van der Waals surface area contributed by atoms with E-state index in [2.05, 4.69) is 48.6 Å². The van der Waals surface area contributed by atoms with E-state index in [1.165, 1.54) is 10.5 Å². The van der Waals surface area contributed by atoms with E-state index in [1.54, 1.807) is 0 Å². The average molecular weight is 407 g/mol. The second-order valence-electron chi connectivity index (χ2n) is 6.75. The van der Waals surface area contributed by atoms with Crippen LogP contribution in [0.5, 0.6) is 0 Å². The summed E-state index contributed by atoms with van der Waals surface area (Å²) in [6, 6.07) is 18.5. The van der Waals surface area contributed by atoms with Crippen LogP contribution in [0.2, 0.25) is 0 Å². The number of anilines is 1. The van der Waals surface area contributed by atoms with Crippen LogP contribution in [0.3, 0.4) is 0 Å². The Bertz CT molecular complexity index is 719. The highest BCUT2D eigenvalue weighted by molar-refractivity contribution is 7.99. The highest BCUT2D eigenvalue weighted by Gasteiger charge is 2.38. The summed E-state index contributed by atoms with van der Waals surface area (Å²) in [7, 11) is 0. The van der Waals surface area contributed by atoms with Gasteiger partial charge in [0.25, 0.3) is 0 Å². The van der Waals surface area contributed by atoms with Crippen molar-refractivity contribution in [1.29, 1.82) is 0 Å². The van der Waals surface area contributed by atoms with Gasteiger partial charge in [-0.25, -0.2) is 0 Å². The summed E-state index contributed by atoms with van der Waals surface area (Å²) in [5.74, 6) is 0.00255. The van der Waals surface area contributed by atoms with E-state index in [4.69, 9.17) is 10.5 Å². The molecule has 1 aliphatic heterocycles. The predicted octanol–water partition coefficient (Wildman–Crippen LogP) is 4.66. The average Bonchev–Trinajstić information content (AvgIpc) is 2.69. The number of ether oxygens (including phenoxy) is 1. The van der Waals surface area contributed by atoms with Gasteiger partial charge in [0.15, 0.2) is 0 Å². The Labute approximate surface area is 171 Å². The minimum atomic E-state index is -0.507. The minimum Gasteiger partial charge on any atom is -0.381 e. The number of nitrogens with two attached hydrogens (primary N) is 1. The monoisotopic (exact) mass is 406 g/mol. The standard InChI is InChI=1S/C21H26N2O2S.ClH/c1-16(26-19-5-3-2-4-6-19)17-7-9-18(10-8-17)23-20(24)21(15-22)11-13-25-14-12-21;/h2-10,16H,11-15,22H2,1H3,(H,23,24);1H. The first-order valence-corrected chi connectivity index (χ1v) is 9.92. The fourth-order valence-corrected chi connectivity index (χ4v) is 4.17. The van der Waals surface area contributed by atoms with E-state index in [0.717, 1.165) is 5.69 Å². The summed E-state index contributed by atoms with van der Waals surface area (Å²) in [6.07, 6.45) is 1.36. The molecule has 0 aromatic heterocycles. The van der Waals surface area contributed by atoms with Crippen molar-refractivity contribution in [1.82, 2.24) is 0 Å². The lowest BCUT2D eigenvalue weighted by Gasteiger charge is -2.34. The number of nitrogens with one attached hydrogen (secondary N) is 1. The molecule has 1 saturated heterocycles. The van der Waals surface area contributed by atoms with E-state index in [9.17, 15) is 4.79 Å². The third kappa shape index (κ3) is 5.48. The molecule has 146 valence electrons. The van der Waals surface area contributed by atoms with Gasteiger partial charge in [0.05, 0.1) is 5.41 Å². The Balaban J connectivity index is 0.00000261. The molecule has 4 nitrogen and oxygen atoms in total. The van der Waals surface area contributed by atoms with Crippen LogP contribution in [0.4, 0.5) is 5.69 Å². The van der Waals surface area contributed by atoms with Crippen molar-refractivity contribution >= 4 is 35.8 Å². The molecule has 3 N–H and O–H groups in total. The van der Waals surface area contributed by atoms with Crippen molar-refractivity contribution in [3.63, 3.8) is 0 Å². The number of rotatable bonds is 6. The molecule has 0 spiro atoms. The van der Waals surface area contributed by atoms with Gasteiger partial charge < -0.3 is 15.8 Å². The van der Waals surface area contributed by atoms with Gasteiger partial charge >= 0.3 is 0 Å². The third-order valence-electron chi connectivity index (χ3n) is 5.02. The number of thioether (sulfide) groups is 1. The van der Waals surface area contributed by atoms with Gasteiger partial charge in [0.1, 0.15) is 0 Å². The maximum atomic E-state index is 12.7. The maximum absolute atomic E-state index is 12.7. The van der Waals surface area contributed by atoms with Gasteiger partial charge in [0.2, 0.25) is 5.91 Å². The minimum absolute atomic E-state index is 0. The third-order valence-corrected chi connectivity index (χ3v) is 6.19. The molecule has 27 heavy (non-hydrogen) atoms. The predicted molar refractivity (Wildman–Crippen MR) is 115 cm³/mol. The van der Waals surface area contributed by atoms with Crippen LogP contribution in [0.1, 0.15) is 30.6 Å². The topological polar surface area (TPSA) is 64.4 Å². The molecule has 1 heterocycles. The lowest BCUT2D eigenvalue weighted by Crippen LogP contribution is -2.46. The molecule has 1 amide bonds. The molecule has 0 saturated carbocycles. The Hall–Kier alpha value is -1.53. The zero-order valence-corrected chi connectivity index (χ0v) is 17.2. The zero-order valence-electron chi connectivity index (χ0n) is 15.5. The van der Waals surface area contributed by atoms with Crippen LogP contribution in [0, 0.1) is 5.41 Å². The zero-order chi connectivity index (χ0) is 18.4. The lowest BCUT2D eigenvalue weighted by molar-refractivity contribution is -0.130. The van der Waals surface area contributed by atoms with Gasteiger partial charge in [-0.2, -0.15) is 0 Å². The van der Waals surface area contributed by atoms with Gasteiger partial charge in [0, 0.05) is 35.6 Å². The van der Waals surface area contributed by atoms with Gasteiger partial charge in [-0.15, -0.1) is 24.2 Å². The quantitative estimate of drug-likeness (QED) is 0.685. The second kappa shape index (κ2) is 10.1. The molecule has 2 aromatic rings. The smallest absolute Gasteiger partial charge is 0.232 e. The van der Waals surface area contributed by atoms with Crippen molar-refractivity contribution < 1.29 is 9.53 Å². The maximum Gasteiger partial charge on any atom is 0.232 e. The number of carbonyl (C=O) groups is 1. The Morgan fingerprint density at radius 2 is 1.78 bits per heavy atom. The molecule has 0 radical (unpaired) electrons. The molecule has 1 atom stereocenters. The molecule has 0 bridgehead atoms. The molecule has 1 unspecified atom stereocenters. The van der Waals surface area contributed by atoms with Crippen LogP contribution in [-0.4, -0.2) is 25.7 Å². The lowest BCUT2D eigenvalue weighted by atomic mass is 9.79. The molecule has 1 fully saturated rings. The summed E-state index contributed by atoms with van der Waals surface area (Å²) in [5, 5.41) is 3.38. The van der Waals surface area contributed by atoms with Crippen molar-refractivity contribution in [2.24, 2.45) is 11.1 Å². The van der Waals surface area contributed by atoms with E-state index in [-0.39, 0.29) is 18.3 Å². The second-order valence-corrected chi connectivity index (χ2v) is 8.16. The van der Waals surface area contributed by atoms with Crippen molar-refractivity contribution in [2.45, 2.75) is 29.9 Å². The Kier molecular flexibility index (Phi) is 8.17. The highest BCUT2D eigenvalue weighted by Crippen LogP contribution is 2.35. The molecule has 2 aromatic carbocycles. The van der Waals surface area contributed by atoms with E-state index in [0.29, 0.717) is 37.9 Å². The van der Waals surface area contributed by atoms with Crippen LogP contribution in [0.15, 0.2) is 59.5 Å². The van der Waals surface area contributed by atoms with E-state index >= 15 is 0 Å². The Morgan fingerprint density at radius 1 is 1.15 bits per heavy atom. The number of hydrogen-bond acceptors (Lipinski definition) is 4. The number of halogens is 1. The summed E-state index contributed by atoms with van der Waals surface area (Å²) in [5.41, 5.74) is 7.45. The number of hydrogen-bond donors (Lipinski definition) is 2.